The van der Waals surface area contributed by atoms with Crippen LogP contribution in [0.3, 0.4) is 0 Å². The van der Waals surface area contributed by atoms with Gasteiger partial charge in [-0.25, -0.2) is 4.79 Å². The normalized spacial score (nSPS) is 12.0. The fourth-order valence-corrected chi connectivity index (χ4v) is 4.76. The van der Waals surface area contributed by atoms with E-state index in [2.05, 4.69) is 31.9 Å². The van der Waals surface area contributed by atoms with E-state index in [0.29, 0.717) is 5.69 Å². The highest BCUT2D eigenvalue weighted by Crippen LogP contribution is 2.31. The molecule has 0 radical (unpaired) electrons. The monoisotopic (exact) mass is 629 g/mol. The summed E-state index contributed by atoms with van der Waals surface area (Å²) >= 11 is 3.53. The molecule has 4 aromatic rings. The number of methoxy groups -OCH3 is 1. The molecule has 0 bridgehead atoms. The zero-order valence-corrected chi connectivity index (χ0v) is 24.7. The number of ether oxygens (including phenoxy) is 2. The van der Waals surface area contributed by atoms with Crippen LogP contribution in [0.25, 0.3) is 0 Å². The molecule has 0 aliphatic rings. The van der Waals surface area contributed by atoms with Gasteiger partial charge in [0.1, 0.15) is 12.6 Å². The summed E-state index contributed by atoms with van der Waals surface area (Å²) in [5.41, 5.74) is 3.84. The maximum atomic E-state index is 13.7. The first-order valence-electron chi connectivity index (χ1n) is 13.4. The van der Waals surface area contributed by atoms with Gasteiger partial charge in [-0.1, -0.05) is 107 Å². The van der Waals surface area contributed by atoms with Crippen LogP contribution < -0.4 is 16.0 Å². The number of hydrogen-bond donors (Lipinski definition) is 3. The molecule has 4 rings (SSSR count). The van der Waals surface area contributed by atoms with Crippen molar-refractivity contribution >= 4 is 39.6 Å². The third-order valence-corrected chi connectivity index (χ3v) is 6.99. The Balaban J connectivity index is 1.58. The van der Waals surface area contributed by atoms with Crippen LogP contribution in [0.15, 0.2) is 114 Å². The Kier molecular flexibility index (Phi) is 11.3. The Morgan fingerprint density at radius 2 is 1.43 bits per heavy atom. The lowest BCUT2D eigenvalue weighted by atomic mass is 9.96. The molecule has 0 aliphatic heterocycles. The highest BCUT2D eigenvalue weighted by atomic mass is 79.9. The lowest BCUT2D eigenvalue weighted by Crippen LogP contribution is -2.45. The second-order valence-electron chi connectivity index (χ2n) is 9.47. The first-order valence-corrected chi connectivity index (χ1v) is 14.2. The van der Waals surface area contributed by atoms with E-state index < -0.39 is 30.1 Å². The molecule has 42 heavy (non-hydrogen) atoms. The van der Waals surface area contributed by atoms with Crippen LogP contribution in [0, 0.1) is 0 Å². The molecule has 216 valence electrons. The number of anilines is 1. The summed E-state index contributed by atoms with van der Waals surface area (Å²) in [4.78, 5) is 38.5. The average molecular weight is 631 g/mol. The van der Waals surface area contributed by atoms with Gasteiger partial charge in [-0.05, 0) is 40.5 Å². The molecule has 0 saturated heterocycles. The van der Waals surface area contributed by atoms with E-state index in [1.54, 1.807) is 6.07 Å². The SMILES string of the molecule is COC(=O)CN[C@H](c1ccccc1)c1cc(Br)ccc1NC(=O)[C@H](Cc1ccccc1)NC(=O)OCc1ccccc1. The number of amides is 2. The number of nitrogens with one attached hydrogen (secondary N) is 3. The number of hydrogen-bond acceptors (Lipinski definition) is 6. The van der Waals surface area contributed by atoms with Gasteiger partial charge in [0, 0.05) is 16.6 Å². The van der Waals surface area contributed by atoms with Crippen LogP contribution in [-0.4, -0.2) is 37.7 Å². The summed E-state index contributed by atoms with van der Waals surface area (Å²) in [5.74, 6) is -0.837. The molecular formula is C33H32BrN3O5. The van der Waals surface area contributed by atoms with Crippen molar-refractivity contribution in [3.05, 3.63) is 136 Å². The standard InChI is InChI=1S/C33H32BrN3O5/c1-41-30(38)21-35-31(25-15-9-4-10-16-25)27-20-26(34)17-18-28(27)36-32(39)29(19-23-11-5-2-6-12-23)37-33(40)42-22-24-13-7-3-8-14-24/h2-18,20,29,31,35H,19,21-22H2,1H3,(H,36,39)(H,37,40)/t29-,31+/m0/s1. The molecule has 2 atom stereocenters. The van der Waals surface area contributed by atoms with E-state index in [1.165, 1.54) is 7.11 Å². The van der Waals surface area contributed by atoms with Crippen molar-refractivity contribution in [2.24, 2.45) is 0 Å². The Bertz CT molecular complexity index is 1470. The molecule has 0 aromatic heterocycles. The summed E-state index contributed by atoms with van der Waals surface area (Å²) in [6.07, 6.45) is -0.449. The molecular weight excluding hydrogens is 598 g/mol. The first kappa shape index (κ1) is 30.5. The number of benzene rings is 4. The predicted octanol–water partition coefficient (Wildman–Crippen LogP) is 5.78. The van der Waals surface area contributed by atoms with Crippen LogP contribution in [0.1, 0.15) is 28.3 Å². The van der Waals surface area contributed by atoms with Gasteiger partial charge in [0.05, 0.1) is 19.7 Å². The smallest absolute Gasteiger partial charge is 0.408 e. The number of alkyl carbamates (subject to hydrolysis) is 1. The molecule has 0 aliphatic carbocycles. The lowest BCUT2D eigenvalue weighted by molar-refractivity contribution is -0.139. The van der Waals surface area contributed by atoms with Gasteiger partial charge >= 0.3 is 12.1 Å². The molecule has 0 saturated carbocycles. The van der Waals surface area contributed by atoms with Crippen LogP contribution in [0.2, 0.25) is 0 Å². The van der Waals surface area contributed by atoms with Crippen molar-refractivity contribution in [1.82, 2.24) is 10.6 Å². The maximum Gasteiger partial charge on any atom is 0.408 e. The van der Waals surface area contributed by atoms with Gasteiger partial charge in [-0.3, -0.25) is 14.9 Å². The molecule has 2 amide bonds. The largest absolute Gasteiger partial charge is 0.468 e. The minimum atomic E-state index is -0.926. The van der Waals surface area contributed by atoms with Crippen molar-refractivity contribution in [2.75, 3.05) is 19.0 Å². The Morgan fingerprint density at radius 3 is 2.07 bits per heavy atom. The molecule has 0 unspecified atom stereocenters. The van der Waals surface area contributed by atoms with Gasteiger partial charge in [0.25, 0.3) is 0 Å². The third kappa shape index (κ3) is 9.02. The first-order chi connectivity index (χ1) is 20.4. The molecule has 0 spiro atoms. The zero-order valence-electron chi connectivity index (χ0n) is 23.1. The third-order valence-electron chi connectivity index (χ3n) is 6.50. The van der Waals surface area contributed by atoms with Crippen LogP contribution in [0.5, 0.6) is 0 Å². The predicted molar refractivity (Wildman–Crippen MR) is 165 cm³/mol. The summed E-state index contributed by atoms with van der Waals surface area (Å²) in [6, 6.07) is 32.4. The van der Waals surface area contributed by atoms with E-state index in [1.807, 2.05) is 103 Å². The van der Waals surface area contributed by atoms with Gasteiger partial charge in [0.15, 0.2) is 0 Å². The van der Waals surface area contributed by atoms with E-state index >= 15 is 0 Å². The summed E-state index contributed by atoms with van der Waals surface area (Å²) in [7, 11) is 1.33. The highest BCUT2D eigenvalue weighted by molar-refractivity contribution is 9.10. The molecule has 3 N–H and O–H groups in total. The average Bonchev–Trinajstić information content (AvgIpc) is 3.02. The summed E-state index contributed by atoms with van der Waals surface area (Å²) < 4.78 is 11.0. The Labute approximate surface area is 253 Å². The number of carbonyl (C=O) groups excluding carboxylic acids is 3. The summed E-state index contributed by atoms with van der Waals surface area (Å²) in [6.45, 7) is 0.0369. The number of carbonyl (C=O) groups is 3. The van der Waals surface area contributed by atoms with Crippen LogP contribution in [0.4, 0.5) is 10.5 Å². The topological polar surface area (TPSA) is 106 Å². The van der Waals surface area contributed by atoms with Crippen LogP contribution in [-0.2, 0) is 32.1 Å². The van der Waals surface area contributed by atoms with Crippen molar-refractivity contribution in [3.8, 4) is 0 Å². The number of esters is 1. The lowest BCUT2D eigenvalue weighted by Gasteiger charge is -2.24. The molecule has 4 aromatic carbocycles. The number of halogens is 1. The molecule has 0 heterocycles. The zero-order chi connectivity index (χ0) is 29.7. The molecule has 8 nitrogen and oxygen atoms in total. The van der Waals surface area contributed by atoms with Gasteiger partial charge < -0.3 is 20.1 Å². The van der Waals surface area contributed by atoms with E-state index in [0.717, 1.165) is 26.7 Å². The second-order valence-corrected chi connectivity index (χ2v) is 10.4. The number of rotatable bonds is 12. The van der Waals surface area contributed by atoms with E-state index in [4.69, 9.17) is 9.47 Å². The van der Waals surface area contributed by atoms with Gasteiger partial charge in [-0.2, -0.15) is 0 Å². The summed E-state index contributed by atoms with van der Waals surface area (Å²) in [5, 5.41) is 8.98. The van der Waals surface area contributed by atoms with Crippen molar-refractivity contribution in [1.29, 1.82) is 0 Å². The highest BCUT2D eigenvalue weighted by Gasteiger charge is 2.25. The van der Waals surface area contributed by atoms with Crippen molar-refractivity contribution in [2.45, 2.75) is 25.1 Å². The van der Waals surface area contributed by atoms with Crippen molar-refractivity contribution < 1.29 is 23.9 Å². The maximum absolute atomic E-state index is 13.7. The quantitative estimate of drug-likeness (QED) is 0.172. The van der Waals surface area contributed by atoms with Crippen molar-refractivity contribution in [3.63, 3.8) is 0 Å². The van der Waals surface area contributed by atoms with Crippen LogP contribution >= 0.6 is 15.9 Å². The minimum absolute atomic E-state index is 0.0403. The molecule has 9 heteroatoms. The van der Waals surface area contributed by atoms with Gasteiger partial charge in [-0.15, -0.1) is 0 Å². The Hall–Kier alpha value is -4.47. The van der Waals surface area contributed by atoms with E-state index in [-0.39, 0.29) is 19.6 Å². The van der Waals surface area contributed by atoms with E-state index in [9.17, 15) is 14.4 Å². The fraction of sp³-hybridized carbons (Fsp3) is 0.182. The van der Waals surface area contributed by atoms with Gasteiger partial charge in [0.2, 0.25) is 5.91 Å². The second kappa shape index (κ2) is 15.5. The molecule has 0 fully saturated rings. The minimum Gasteiger partial charge on any atom is -0.468 e. The Morgan fingerprint density at radius 1 is 0.810 bits per heavy atom. The fourth-order valence-electron chi connectivity index (χ4n) is 4.38.